The number of morpholine rings is 1. The summed E-state index contributed by atoms with van der Waals surface area (Å²) in [6, 6.07) is 5.69. The number of rotatable bonds is 2. The third-order valence-corrected chi connectivity index (χ3v) is 3.90. The van der Waals surface area contributed by atoms with Crippen molar-refractivity contribution in [3.05, 3.63) is 28.2 Å². The molecule has 1 heterocycles. The number of oxime groups is 1. The number of amidine groups is 1. The lowest BCUT2D eigenvalue weighted by molar-refractivity contribution is -0.0750. The van der Waals surface area contributed by atoms with Gasteiger partial charge in [-0.25, -0.2) is 0 Å². The molecule has 1 aromatic carbocycles. The van der Waals surface area contributed by atoms with Crippen molar-refractivity contribution in [1.29, 1.82) is 0 Å². The fourth-order valence-electron chi connectivity index (χ4n) is 2.62. The van der Waals surface area contributed by atoms with Crippen LogP contribution in [-0.4, -0.2) is 35.8 Å². The average molecular weight is 342 g/mol. The molecule has 2 rings (SSSR count). The molecule has 1 atom stereocenters. The molecule has 0 aromatic heterocycles. The van der Waals surface area contributed by atoms with Crippen molar-refractivity contribution in [2.45, 2.75) is 32.5 Å². The molecule has 1 aliphatic heterocycles. The van der Waals surface area contributed by atoms with Gasteiger partial charge in [0.05, 0.1) is 17.4 Å². The minimum atomic E-state index is -0.179. The first-order valence-electron chi connectivity index (χ1n) is 6.52. The van der Waals surface area contributed by atoms with E-state index in [1.54, 1.807) is 0 Å². The van der Waals surface area contributed by atoms with Gasteiger partial charge in [-0.2, -0.15) is 0 Å². The monoisotopic (exact) mass is 341 g/mol. The molecule has 110 valence electrons. The van der Waals surface area contributed by atoms with E-state index >= 15 is 0 Å². The summed E-state index contributed by atoms with van der Waals surface area (Å²) in [6.45, 7) is 7.92. The Labute approximate surface area is 127 Å². The summed E-state index contributed by atoms with van der Waals surface area (Å²) in [4.78, 5) is 2.29. The molecular formula is C14H20BrN3O2. The van der Waals surface area contributed by atoms with Gasteiger partial charge in [-0.1, -0.05) is 5.16 Å². The molecule has 1 fully saturated rings. The number of benzene rings is 1. The number of halogens is 1. The lowest BCUT2D eigenvalue weighted by Gasteiger charge is -2.43. The zero-order valence-corrected chi connectivity index (χ0v) is 13.5. The smallest absolute Gasteiger partial charge is 0.170 e. The molecule has 20 heavy (non-hydrogen) atoms. The summed E-state index contributed by atoms with van der Waals surface area (Å²) >= 11 is 3.56. The molecule has 0 aliphatic carbocycles. The Morgan fingerprint density at radius 3 is 2.80 bits per heavy atom. The maximum atomic E-state index is 8.72. The van der Waals surface area contributed by atoms with Crippen molar-refractivity contribution >= 4 is 27.5 Å². The molecule has 1 unspecified atom stereocenters. The van der Waals surface area contributed by atoms with Crippen LogP contribution < -0.4 is 10.6 Å². The van der Waals surface area contributed by atoms with Crippen LogP contribution in [0.1, 0.15) is 26.3 Å². The van der Waals surface area contributed by atoms with Gasteiger partial charge in [0.2, 0.25) is 0 Å². The van der Waals surface area contributed by atoms with E-state index in [9.17, 15) is 0 Å². The van der Waals surface area contributed by atoms with Crippen molar-refractivity contribution < 1.29 is 9.94 Å². The highest BCUT2D eigenvalue weighted by Gasteiger charge is 2.32. The van der Waals surface area contributed by atoms with Crippen LogP contribution in [0, 0.1) is 0 Å². The Bertz CT molecular complexity index is 531. The van der Waals surface area contributed by atoms with E-state index in [-0.39, 0.29) is 17.5 Å². The summed E-state index contributed by atoms with van der Waals surface area (Å²) in [5.41, 5.74) is 7.19. The van der Waals surface area contributed by atoms with E-state index in [0.29, 0.717) is 5.56 Å². The molecule has 0 bridgehead atoms. The molecule has 0 spiro atoms. The predicted molar refractivity (Wildman–Crippen MR) is 83.5 cm³/mol. The van der Waals surface area contributed by atoms with E-state index in [1.165, 1.54) is 0 Å². The minimum absolute atomic E-state index is 0.105. The van der Waals surface area contributed by atoms with Crippen LogP contribution in [0.5, 0.6) is 0 Å². The second-order valence-corrected chi connectivity index (χ2v) is 6.57. The molecule has 3 N–H and O–H groups in total. The first kappa shape index (κ1) is 15.1. The zero-order valence-electron chi connectivity index (χ0n) is 11.9. The van der Waals surface area contributed by atoms with Gasteiger partial charge < -0.3 is 20.6 Å². The van der Waals surface area contributed by atoms with Crippen molar-refractivity contribution in [3.63, 3.8) is 0 Å². The normalized spacial score (nSPS) is 22.9. The number of anilines is 1. The van der Waals surface area contributed by atoms with Crippen LogP contribution in [0.4, 0.5) is 5.69 Å². The Morgan fingerprint density at radius 1 is 1.55 bits per heavy atom. The molecule has 0 saturated carbocycles. The number of hydrogen-bond acceptors (Lipinski definition) is 4. The van der Waals surface area contributed by atoms with E-state index < -0.39 is 0 Å². The summed E-state index contributed by atoms with van der Waals surface area (Å²) in [5.74, 6) is 0.105. The Balaban J connectivity index is 2.29. The average Bonchev–Trinajstić information content (AvgIpc) is 2.35. The van der Waals surface area contributed by atoms with Crippen LogP contribution in [0.15, 0.2) is 27.8 Å². The van der Waals surface area contributed by atoms with Crippen molar-refractivity contribution in [3.8, 4) is 0 Å². The summed E-state index contributed by atoms with van der Waals surface area (Å²) in [7, 11) is 0. The fourth-order valence-corrected chi connectivity index (χ4v) is 3.25. The maximum Gasteiger partial charge on any atom is 0.170 e. The highest BCUT2D eigenvalue weighted by atomic mass is 79.9. The van der Waals surface area contributed by atoms with Crippen LogP contribution in [0.3, 0.4) is 0 Å². The lowest BCUT2D eigenvalue weighted by Crippen LogP contribution is -2.52. The molecule has 5 nitrogen and oxygen atoms in total. The van der Waals surface area contributed by atoms with Gasteiger partial charge in [-0.05, 0) is 54.9 Å². The fraction of sp³-hybridized carbons (Fsp3) is 0.500. The van der Waals surface area contributed by atoms with E-state index in [2.05, 4.69) is 46.8 Å². The highest BCUT2D eigenvalue weighted by molar-refractivity contribution is 9.10. The van der Waals surface area contributed by atoms with Gasteiger partial charge in [0.1, 0.15) is 0 Å². The Kier molecular flexibility index (Phi) is 4.25. The summed E-state index contributed by atoms with van der Waals surface area (Å²) < 4.78 is 6.84. The second-order valence-electron chi connectivity index (χ2n) is 5.72. The quantitative estimate of drug-likeness (QED) is 0.375. The maximum absolute atomic E-state index is 8.72. The minimum Gasteiger partial charge on any atom is -0.409 e. The second kappa shape index (κ2) is 5.61. The summed E-state index contributed by atoms with van der Waals surface area (Å²) in [6.07, 6.45) is 0.175. The highest BCUT2D eigenvalue weighted by Crippen LogP contribution is 2.32. The first-order chi connectivity index (χ1) is 9.32. The van der Waals surface area contributed by atoms with Gasteiger partial charge >= 0.3 is 0 Å². The summed E-state index contributed by atoms with van der Waals surface area (Å²) in [5, 5.41) is 11.7. The SMILES string of the molecule is CC1CN(c2ccc(/C(N)=N/O)cc2Br)CC(C)(C)O1. The standard InChI is InChI=1S/C14H20BrN3O2/c1-9-7-18(8-14(2,3)20-9)12-5-4-10(6-11(12)15)13(16)17-19/h4-6,9,19H,7-8H2,1-3H3,(H2,16,17). The molecule has 0 radical (unpaired) electrons. The Morgan fingerprint density at radius 2 is 2.25 bits per heavy atom. The van der Waals surface area contributed by atoms with Crippen LogP contribution in [0.25, 0.3) is 0 Å². The third kappa shape index (κ3) is 3.24. The van der Waals surface area contributed by atoms with E-state index in [4.69, 9.17) is 15.7 Å². The molecule has 1 saturated heterocycles. The number of hydrogen-bond donors (Lipinski definition) is 2. The van der Waals surface area contributed by atoms with Crippen LogP contribution in [0.2, 0.25) is 0 Å². The van der Waals surface area contributed by atoms with Crippen molar-refractivity contribution in [1.82, 2.24) is 0 Å². The molecule has 6 heteroatoms. The van der Waals surface area contributed by atoms with Crippen LogP contribution in [-0.2, 0) is 4.74 Å². The van der Waals surface area contributed by atoms with E-state index in [0.717, 1.165) is 23.2 Å². The molecule has 1 aromatic rings. The number of nitrogens with two attached hydrogens (primary N) is 1. The number of nitrogens with zero attached hydrogens (tertiary/aromatic N) is 2. The van der Waals surface area contributed by atoms with Gasteiger partial charge in [-0.15, -0.1) is 0 Å². The lowest BCUT2D eigenvalue weighted by atomic mass is 10.0. The van der Waals surface area contributed by atoms with Gasteiger partial charge in [0.25, 0.3) is 0 Å². The van der Waals surface area contributed by atoms with Crippen molar-refractivity contribution in [2.75, 3.05) is 18.0 Å². The molecule has 0 amide bonds. The first-order valence-corrected chi connectivity index (χ1v) is 7.32. The zero-order chi connectivity index (χ0) is 14.9. The Hall–Kier alpha value is -1.27. The predicted octanol–water partition coefficient (Wildman–Crippen LogP) is 2.55. The number of ether oxygens (including phenoxy) is 1. The van der Waals surface area contributed by atoms with Crippen LogP contribution >= 0.6 is 15.9 Å². The van der Waals surface area contributed by atoms with E-state index in [1.807, 2.05) is 18.2 Å². The van der Waals surface area contributed by atoms with Gasteiger partial charge in [-0.3, -0.25) is 0 Å². The third-order valence-electron chi connectivity index (χ3n) is 3.26. The van der Waals surface area contributed by atoms with Crippen molar-refractivity contribution in [2.24, 2.45) is 10.9 Å². The molecular weight excluding hydrogens is 322 g/mol. The topological polar surface area (TPSA) is 71.1 Å². The largest absolute Gasteiger partial charge is 0.409 e. The molecule has 1 aliphatic rings. The van der Waals surface area contributed by atoms with Gasteiger partial charge in [0.15, 0.2) is 5.84 Å². The van der Waals surface area contributed by atoms with Gasteiger partial charge in [0, 0.05) is 23.1 Å².